The van der Waals surface area contributed by atoms with Gasteiger partial charge < -0.3 is 20.2 Å². The van der Waals surface area contributed by atoms with Crippen LogP contribution in [-0.4, -0.2) is 65.6 Å². The molecule has 0 aromatic carbocycles. The standard InChI is InChI=1S/C14H22N4O3/c1-4-18(7-5-6-17(2)3)14(21)16-12-8-11(13(19)20)9-15-10-12/h8-10H,4-7H2,1-3H3,(H,16,21)(H,19,20). The van der Waals surface area contributed by atoms with Crippen molar-refractivity contribution < 1.29 is 14.7 Å². The van der Waals surface area contributed by atoms with Gasteiger partial charge in [0.1, 0.15) is 0 Å². The average Bonchev–Trinajstić information content (AvgIpc) is 2.43. The molecule has 1 heterocycles. The Morgan fingerprint density at radius 2 is 2.00 bits per heavy atom. The zero-order valence-corrected chi connectivity index (χ0v) is 12.7. The SMILES string of the molecule is CCN(CCCN(C)C)C(=O)Nc1cncc(C(=O)O)c1. The molecule has 1 aromatic heterocycles. The number of carbonyl (C=O) groups is 2. The van der Waals surface area contributed by atoms with Crippen LogP contribution in [0, 0.1) is 0 Å². The highest BCUT2D eigenvalue weighted by atomic mass is 16.4. The summed E-state index contributed by atoms with van der Waals surface area (Å²) in [6, 6.07) is 1.14. The van der Waals surface area contributed by atoms with Crippen molar-refractivity contribution in [2.24, 2.45) is 0 Å². The van der Waals surface area contributed by atoms with E-state index >= 15 is 0 Å². The van der Waals surface area contributed by atoms with Crippen LogP contribution in [0.3, 0.4) is 0 Å². The van der Waals surface area contributed by atoms with Crippen LogP contribution in [0.1, 0.15) is 23.7 Å². The first-order valence-electron chi connectivity index (χ1n) is 6.83. The number of aromatic nitrogens is 1. The number of carboxylic acid groups (broad SMARTS) is 1. The molecule has 0 atom stereocenters. The fourth-order valence-corrected chi connectivity index (χ4v) is 1.81. The maximum absolute atomic E-state index is 12.1. The van der Waals surface area contributed by atoms with Crippen LogP contribution in [-0.2, 0) is 0 Å². The van der Waals surface area contributed by atoms with Gasteiger partial charge in [-0.15, -0.1) is 0 Å². The molecule has 0 saturated carbocycles. The number of amides is 2. The number of hydrogen-bond acceptors (Lipinski definition) is 4. The third-order valence-electron chi connectivity index (χ3n) is 2.94. The predicted octanol–water partition coefficient (Wildman–Crippen LogP) is 1.59. The van der Waals surface area contributed by atoms with E-state index in [9.17, 15) is 9.59 Å². The lowest BCUT2D eigenvalue weighted by Crippen LogP contribution is -2.36. The van der Waals surface area contributed by atoms with Crippen molar-refractivity contribution in [3.63, 3.8) is 0 Å². The summed E-state index contributed by atoms with van der Waals surface area (Å²) in [5.41, 5.74) is 0.425. The van der Waals surface area contributed by atoms with Crippen LogP contribution >= 0.6 is 0 Å². The van der Waals surface area contributed by atoms with Crippen LogP contribution in [0.2, 0.25) is 0 Å². The largest absolute Gasteiger partial charge is 0.478 e. The van der Waals surface area contributed by atoms with Crippen LogP contribution in [0.5, 0.6) is 0 Å². The number of urea groups is 1. The molecule has 7 heteroatoms. The van der Waals surface area contributed by atoms with Crippen LogP contribution in [0.4, 0.5) is 10.5 Å². The molecule has 0 aliphatic carbocycles. The van der Waals surface area contributed by atoms with E-state index in [1.54, 1.807) is 4.90 Å². The van der Waals surface area contributed by atoms with Crippen molar-refractivity contribution in [1.82, 2.24) is 14.8 Å². The quantitative estimate of drug-likeness (QED) is 0.797. The van der Waals surface area contributed by atoms with Gasteiger partial charge in [0.2, 0.25) is 0 Å². The number of hydrogen-bond donors (Lipinski definition) is 2. The summed E-state index contributed by atoms with van der Waals surface area (Å²) in [6.07, 6.45) is 3.55. The molecule has 0 unspecified atom stereocenters. The molecule has 1 rings (SSSR count). The molecule has 2 N–H and O–H groups in total. The Kier molecular flexibility index (Phi) is 6.61. The Balaban J connectivity index is 2.61. The Labute approximate surface area is 124 Å². The van der Waals surface area contributed by atoms with E-state index in [1.165, 1.54) is 18.5 Å². The van der Waals surface area contributed by atoms with Crippen LogP contribution in [0.15, 0.2) is 18.5 Å². The molecule has 21 heavy (non-hydrogen) atoms. The molecule has 0 aliphatic rings. The van der Waals surface area contributed by atoms with Gasteiger partial charge in [0.25, 0.3) is 0 Å². The maximum Gasteiger partial charge on any atom is 0.337 e. The zero-order chi connectivity index (χ0) is 15.8. The second-order valence-electron chi connectivity index (χ2n) is 4.93. The predicted molar refractivity (Wildman–Crippen MR) is 80.6 cm³/mol. The molecule has 1 aromatic rings. The van der Waals surface area contributed by atoms with Gasteiger partial charge in [-0.05, 0) is 40.1 Å². The smallest absolute Gasteiger partial charge is 0.337 e. The fraction of sp³-hybridized carbons (Fsp3) is 0.500. The lowest BCUT2D eigenvalue weighted by Gasteiger charge is -2.22. The maximum atomic E-state index is 12.1. The second kappa shape index (κ2) is 8.21. The van der Waals surface area contributed by atoms with Gasteiger partial charge in [-0.1, -0.05) is 0 Å². The minimum absolute atomic E-state index is 0.0449. The van der Waals surface area contributed by atoms with E-state index in [1.807, 2.05) is 21.0 Å². The van der Waals surface area contributed by atoms with E-state index in [-0.39, 0.29) is 11.6 Å². The van der Waals surface area contributed by atoms with Gasteiger partial charge >= 0.3 is 12.0 Å². The summed E-state index contributed by atoms with van der Waals surface area (Å²) in [6.45, 7) is 4.04. The molecule has 7 nitrogen and oxygen atoms in total. The summed E-state index contributed by atoms with van der Waals surface area (Å²) in [7, 11) is 3.97. The first-order valence-corrected chi connectivity index (χ1v) is 6.83. The van der Waals surface area contributed by atoms with E-state index in [0.717, 1.165) is 13.0 Å². The molecule has 0 spiro atoms. The Morgan fingerprint density at radius 3 is 2.57 bits per heavy atom. The van der Waals surface area contributed by atoms with Crippen molar-refractivity contribution in [3.05, 3.63) is 24.0 Å². The summed E-state index contributed by atoms with van der Waals surface area (Å²) in [4.78, 5) is 30.5. The average molecular weight is 294 g/mol. The van der Waals surface area contributed by atoms with Gasteiger partial charge in [-0.2, -0.15) is 0 Å². The van der Waals surface area contributed by atoms with Gasteiger partial charge in [0.05, 0.1) is 17.4 Å². The normalized spacial score (nSPS) is 10.5. The Morgan fingerprint density at radius 1 is 1.29 bits per heavy atom. The summed E-state index contributed by atoms with van der Waals surface area (Å²) in [5.74, 6) is -1.07. The van der Waals surface area contributed by atoms with Crippen molar-refractivity contribution in [2.45, 2.75) is 13.3 Å². The van der Waals surface area contributed by atoms with Crippen LogP contribution < -0.4 is 5.32 Å². The highest BCUT2D eigenvalue weighted by Gasteiger charge is 2.12. The molecular formula is C14H22N4O3. The summed E-state index contributed by atoms with van der Waals surface area (Å²) >= 11 is 0. The molecule has 2 amide bonds. The highest BCUT2D eigenvalue weighted by Crippen LogP contribution is 2.09. The number of anilines is 1. The van der Waals surface area contributed by atoms with Gasteiger partial charge in [-0.25, -0.2) is 9.59 Å². The van der Waals surface area contributed by atoms with Crippen LogP contribution in [0.25, 0.3) is 0 Å². The molecule has 0 radical (unpaired) electrons. The second-order valence-corrected chi connectivity index (χ2v) is 4.93. The highest BCUT2D eigenvalue weighted by molar-refractivity contribution is 5.92. The van der Waals surface area contributed by atoms with Gasteiger partial charge in [-0.3, -0.25) is 4.98 Å². The van der Waals surface area contributed by atoms with E-state index in [2.05, 4.69) is 15.2 Å². The number of nitrogens with zero attached hydrogens (tertiary/aromatic N) is 3. The summed E-state index contributed by atoms with van der Waals surface area (Å²) in [5, 5.41) is 11.6. The third kappa shape index (κ3) is 5.78. The molecular weight excluding hydrogens is 272 g/mol. The Bertz CT molecular complexity index is 491. The number of pyridine rings is 1. The molecule has 116 valence electrons. The van der Waals surface area contributed by atoms with Crippen molar-refractivity contribution in [3.8, 4) is 0 Å². The zero-order valence-electron chi connectivity index (χ0n) is 12.7. The molecule has 0 fully saturated rings. The van der Waals surface area contributed by atoms with Crippen molar-refractivity contribution in [1.29, 1.82) is 0 Å². The van der Waals surface area contributed by atoms with Gasteiger partial charge in [0, 0.05) is 19.3 Å². The monoisotopic (exact) mass is 294 g/mol. The van der Waals surface area contributed by atoms with E-state index in [4.69, 9.17) is 5.11 Å². The first-order chi connectivity index (χ1) is 9.93. The summed E-state index contributed by atoms with van der Waals surface area (Å²) < 4.78 is 0. The van der Waals surface area contributed by atoms with Gasteiger partial charge in [0.15, 0.2) is 0 Å². The Hall–Kier alpha value is -2.15. The number of aromatic carboxylic acids is 1. The third-order valence-corrected chi connectivity index (χ3v) is 2.94. The minimum Gasteiger partial charge on any atom is -0.478 e. The number of carbonyl (C=O) groups excluding carboxylic acids is 1. The number of rotatable bonds is 7. The number of nitrogens with one attached hydrogen (secondary N) is 1. The molecule has 0 bridgehead atoms. The molecule has 0 aliphatic heterocycles. The van der Waals surface area contributed by atoms with E-state index in [0.29, 0.717) is 18.8 Å². The lowest BCUT2D eigenvalue weighted by molar-refractivity contribution is 0.0696. The first kappa shape index (κ1) is 16.9. The topological polar surface area (TPSA) is 85.8 Å². The minimum atomic E-state index is -1.07. The lowest BCUT2D eigenvalue weighted by atomic mass is 10.2. The van der Waals surface area contributed by atoms with Crippen molar-refractivity contribution in [2.75, 3.05) is 39.0 Å². The fourth-order valence-electron chi connectivity index (χ4n) is 1.81. The van der Waals surface area contributed by atoms with Crippen molar-refractivity contribution >= 4 is 17.7 Å². The van der Waals surface area contributed by atoms with E-state index < -0.39 is 5.97 Å². The molecule has 0 saturated heterocycles. The number of carboxylic acids is 1.